The van der Waals surface area contributed by atoms with Crippen molar-refractivity contribution in [2.24, 2.45) is 7.05 Å². The van der Waals surface area contributed by atoms with Crippen molar-refractivity contribution in [2.75, 3.05) is 31.1 Å². The number of carbonyl (C=O) groups excluding carboxylic acids is 1. The summed E-state index contributed by atoms with van der Waals surface area (Å²) in [4.78, 5) is 14.9. The first kappa shape index (κ1) is 22.1. The molecule has 0 radical (unpaired) electrons. The Morgan fingerprint density at radius 1 is 1.16 bits per heavy atom. The van der Waals surface area contributed by atoms with Crippen molar-refractivity contribution in [1.82, 2.24) is 19.4 Å². The van der Waals surface area contributed by atoms with Gasteiger partial charge in [0, 0.05) is 56.2 Å². The largest absolute Gasteiger partial charge is 0.369 e. The van der Waals surface area contributed by atoms with Gasteiger partial charge in [-0.05, 0) is 37.5 Å². The Labute approximate surface area is 188 Å². The average Bonchev–Trinajstić information content (AvgIpc) is 3.39. The Kier molecular flexibility index (Phi) is 6.27. The molecular formula is C21H28ClN5O3S. The fraction of sp³-hybridized carbons (Fsp3) is 0.524. The van der Waals surface area contributed by atoms with Gasteiger partial charge in [0.15, 0.2) is 0 Å². The first-order chi connectivity index (χ1) is 14.8. The average molecular weight is 466 g/mol. The first-order valence-electron chi connectivity index (χ1n) is 10.6. The van der Waals surface area contributed by atoms with Crippen molar-refractivity contribution in [3.05, 3.63) is 40.5 Å². The van der Waals surface area contributed by atoms with Crippen molar-refractivity contribution in [2.45, 2.75) is 43.7 Å². The monoisotopic (exact) mass is 465 g/mol. The molecule has 8 nitrogen and oxygen atoms in total. The van der Waals surface area contributed by atoms with E-state index in [-0.39, 0.29) is 22.5 Å². The lowest BCUT2D eigenvalue weighted by molar-refractivity contribution is 0.0934. The minimum Gasteiger partial charge on any atom is -0.369 e. The molecule has 1 aromatic carbocycles. The Morgan fingerprint density at radius 2 is 1.84 bits per heavy atom. The third-order valence-electron chi connectivity index (χ3n) is 6.06. The molecule has 1 saturated carbocycles. The Bertz CT molecular complexity index is 1070. The SMILES string of the molecule is Cc1ccc(Cl)cc1N1CCN(S(=O)(=O)c2nn(C)cc2C(=O)NC2CCCC2)CC1. The van der Waals surface area contributed by atoms with Crippen LogP contribution in [0.25, 0.3) is 0 Å². The number of nitrogens with zero attached hydrogens (tertiary/aromatic N) is 4. The minimum absolute atomic E-state index is 0.104. The maximum absolute atomic E-state index is 13.4. The molecule has 10 heteroatoms. The minimum atomic E-state index is -3.89. The summed E-state index contributed by atoms with van der Waals surface area (Å²) in [5, 5.41) is 7.61. The number of amides is 1. The predicted molar refractivity (Wildman–Crippen MR) is 120 cm³/mol. The summed E-state index contributed by atoms with van der Waals surface area (Å²) in [6, 6.07) is 5.82. The summed E-state index contributed by atoms with van der Waals surface area (Å²) >= 11 is 6.15. The number of rotatable bonds is 5. The standard InChI is InChI=1S/C21H28ClN5O3S/c1-15-7-8-16(22)13-19(15)26-9-11-27(12-10-26)31(29,30)21-18(14-25(2)24-21)20(28)23-17-5-3-4-6-17/h7-8,13-14,17H,3-6,9-12H2,1-2H3,(H,23,28). The highest BCUT2D eigenvalue weighted by Gasteiger charge is 2.35. The summed E-state index contributed by atoms with van der Waals surface area (Å²) in [6.07, 6.45) is 5.51. The van der Waals surface area contributed by atoms with Gasteiger partial charge in [-0.3, -0.25) is 9.48 Å². The molecule has 1 aliphatic carbocycles. The highest BCUT2D eigenvalue weighted by molar-refractivity contribution is 7.89. The van der Waals surface area contributed by atoms with Crippen LogP contribution in [0.3, 0.4) is 0 Å². The highest BCUT2D eigenvalue weighted by atomic mass is 35.5. The second-order valence-electron chi connectivity index (χ2n) is 8.30. The maximum atomic E-state index is 13.4. The van der Waals surface area contributed by atoms with Gasteiger partial charge in [-0.2, -0.15) is 9.40 Å². The number of hydrogen-bond acceptors (Lipinski definition) is 5. The molecule has 2 fully saturated rings. The van der Waals surface area contributed by atoms with E-state index < -0.39 is 10.0 Å². The first-order valence-corrected chi connectivity index (χ1v) is 12.4. The maximum Gasteiger partial charge on any atom is 0.263 e. The van der Waals surface area contributed by atoms with Crippen LogP contribution in [0.15, 0.2) is 29.4 Å². The van der Waals surface area contributed by atoms with Crippen molar-refractivity contribution < 1.29 is 13.2 Å². The highest BCUT2D eigenvalue weighted by Crippen LogP contribution is 2.27. The van der Waals surface area contributed by atoms with Crippen LogP contribution in [0.1, 0.15) is 41.6 Å². The number of carbonyl (C=O) groups is 1. The zero-order chi connectivity index (χ0) is 22.2. The molecule has 2 heterocycles. The molecule has 1 amide bonds. The Hall–Kier alpha value is -2.10. The molecule has 0 atom stereocenters. The molecule has 31 heavy (non-hydrogen) atoms. The number of hydrogen-bond donors (Lipinski definition) is 1. The Balaban J connectivity index is 1.50. The zero-order valence-corrected chi connectivity index (χ0v) is 19.4. The van der Waals surface area contributed by atoms with Crippen molar-refractivity contribution in [3.63, 3.8) is 0 Å². The number of aromatic nitrogens is 2. The molecule has 1 aliphatic heterocycles. The topological polar surface area (TPSA) is 87.5 Å². The molecule has 1 aromatic heterocycles. The van der Waals surface area contributed by atoms with Gasteiger partial charge >= 0.3 is 0 Å². The predicted octanol–water partition coefficient (Wildman–Crippen LogP) is 2.57. The smallest absolute Gasteiger partial charge is 0.263 e. The van der Waals surface area contributed by atoms with Gasteiger partial charge in [0.2, 0.25) is 5.03 Å². The molecule has 0 spiro atoms. The lowest BCUT2D eigenvalue weighted by Crippen LogP contribution is -2.49. The zero-order valence-electron chi connectivity index (χ0n) is 17.8. The summed E-state index contributed by atoms with van der Waals surface area (Å²) in [7, 11) is -2.26. The second-order valence-corrected chi connectivity index (χ2v) is 10.6. The van der Waals surface area contributed by atoms with E-state index in [2.05, 4.69) is 15.3 Å². The van der Waals surface area contributed by atoms with Crippen LogP contribution in [-0.2, 0) is 17.1 Å². The summed E-state index contributed by atoms with van der Waals surface area (Å²) in [5.41, 5.74) is 2.22. The van der Waals surface area contributed by atoms with E-state index in [0.29, 0.717) is 31.2 Å². The van der Waals surface area contributed by atoms with Gasteiger partial charge < -0.3 is 10.2 Å². The molecule has 1 N–H and O–H groups in total. The fourth-order valence-corrected chi connectivity index (χ4v) is 6.07. The van der Waals surface area contributed by atoms with E-state index in [1.54, 1.807) is 7.05 Å². The lowest BCUT2D eigenvalue weighted by Gasteiger charge is -2.36. The number of sulfonamides is 1. The van der Waals surface area contributed by atoms with Crippen LogP contribution in [-0.4, -0.2) is 60.6 Å². The molecule has 0 bridgehead atoms. The normalized spacial score (nSPS) is 18.5. The number of halogens is 1. The van der Waals surface area contributed by atoms with Crippen LogP contribution in [0.4, 0.5) is 5.69 Å². The van der Waals surface area contributed by atoms with Gasteiger partial charge in [-0.1, -0.05) is 30.5 Å². The summed E-state index contributed by atoms with van der Waals surface area (Å²) in [6.45, 7) is 3.72. The van der Waals surface area contributed by atoms with E-state index in [1.165, 1.54) is 15.2 Å². The van der Waals surface area contributed by atoms with Crippen molar-refractivity contribution in [1.29, 1.82) is 0 Å². The van der Waals surface area contributed by atoms with E-state index in [4.69, 9.17) is 11.6 Å². The number of piperazine rings is 1. The molecule has 1 saturated heterocycles. The molecule has 2 aliphatic rings. The Morgan fingerprint density at radius 3 is 2.52 bits per heavy atom. The third kappa shape index (κ3) is 4.58. The lowest BCUT2D eigenvalue weighted by atomic mass is 10.1. The van der Waals surface area contributed by atoms with Gasteiger partial charge in [0.1, 0.15) is 0 Å². The van der Waals surface area contributed by atoms with Crippen LogP contribution >= 0.6 is 11.6 Å². The summed E-state index contributed by atoms with van der Waals surface area (Å²) in [5.74, 6) is -0.369. The van der Waals surface area contributed by atoms with E-state index in [0.717, 1.165) is 36.9 Å². The van der Waals surface area contributed by atoms with Gasteiger partial charge in [-0.15, -0.1) is 0 Å². The quantitative estimate of drug-likeness (QED) is 0.733. The molecule has 0 unspecified atom stereocenters. The van der Waals surface area contributed by atoms with Crippen molar-refractivity contribution in [3.8, 4) is 0 Å². The molecule has 168 valence electrons. The van der Waals surface area contributed by atoms with E-state index in [1.807, 2.05) is 25.1 Å². The van der Waals surface area contributed by atoms with E-state index in [9.17, 15) is 13.2 Å². The van der Waals surface area contributed by atoms with E-state index >= 15 is 0 Å². The third-order valence-corrected chi connectivity index (χ3v) is 8.13. The van der Waals surface area contributed by atoms with Crippen LogP contribution in [0.5, 0.6) is 0 Å². The molecular weight excluding hydrogens is 438 g/mol. The second kappa shape index (κ2) is 8.80. The number of anilines is 1. The number of benzene rings is 1. The van der Waals surface area contributed by atoms with Gasteiger partial charge in [0.25, 0.3) is 15.9 Å². The summed E-state index contributed by atoms with van der Waals surface area (Å²) < 4.78 is 29.5. The van der Waals surface area contributed by atoms with Crippen LogP contribution in [0.2, 0.25) is 5.02 Å². The van der Waals surface area contributed by atoms with Crippen LogP contribution < -0.4 is 10.2 Å². The van der Waals surface area contributed by atoms with Gasteiger partial charge in [-0.25, -0.2) is 8.42 Å². The van der Waals surface area contributed by atoms with Crippen molar-refractivity contribution >= 4 is 33.2 Å². The van der Waals surface area contributed by atoms with Crippen LogP contribution in [0, 0.1) is 6.92 Å². The number of nitrogens with one attached hydrogen (secondary N) is 1. The van der Waals surface area contributed by atoms with Gasteiger partial charge in [0.05, 0.1) is 5.56 Å². The fourth-order valence-electron chi connectivity index (χ4n) is 4.36. The molecule has 4 rings (SSSR count). The number of aryl methyl sites for hydroxylation is 2. The molecule has 2 aromatic rings.